The number of carbonyl (C=O) groups excluding carboxylic acids is 2. The molecule has 4 rings (SSSR count). The fourth-order valence-corrected chi connectivity index (χ4v) is 4.34. The van der Waals surface area contributed by atoms with Gasteiger partial charge in [-0.3, -0.25) is 10.1 Å². The van der Waals surface area contributed by atoms with Gasteiger partial charge in [0, 0.05) is 37.8 Å². The summed E-state index contributed by atoms with van der Waals surface area (Å²) in [5.41, 5.74) is -0.622. The Kier molecular flexibility index (Phi) is 7.58. The van der Waals surface area contributed by atoms with Crippen LogP contribution in [0.3, 0.4) is 0 Å². The normalized spacial score (nSPS) is 13.9. The van der Waals surface area contributed by atoms with Crippen molar-refractivity contribution in [2.75, 3.05) is 48.8 Å². The predicted molar refractivity (Wildman–Crippen MR) is 129 cm³/mol. The van der Waals surface area contributed by atoms with E-state index in [4.69, 9.17) is 4.74 Å². The van der Waals surface area contributed by atoms with Crippen molar-refractivity contribution in [1.82, 2.24) is 14.9 Å². The number of halogens is 3. The van der Waals surface area contributed by atoms with Crippen LogP contribution in [0.2, 0.25) is 0 Å². The number of hydrogen-bond donors (Lipinski definition) is 2. The van der Waals surface area contributed by atoms with Crippen LogP contribution >= 0.6 is 11.3 Å². The summed E-state index contributed by atoms with van der Waals surface area (Å²) in [7, 11) is 1.30. The highest BCUT2D eigenvalue weighted by Gasteiger charge is 2.31. The fraction of sp³-hybridized carbons (Fsp3) is 0.304. The average molecular weight is 521 g/mol. The molecule has 0 spiro atoms. The van der Waals surface area contributed by atoms with Gasteiger partial charge in [0.2, 0.25) is 5.91 Å². The van der Waals surface area contributed by atoms with Gasteiger partial charge in [-0.15, -0.1) is 11.3 Å². The summed E-state index contributed by atoms with van der Waals surface area (Å²) in [6.07, 6.45) is -3.02. The number of nitrogens with zero attached hydrogens (tertiary/aromatic N) is 4. The van der Waals surface area contributed by atoms with Crippen LogP contribution in [0.25, 0.3) is 0 Å². The number of ether oxygens (including phenoxy) is 1. The molecule has 190 valence electrons. The van der Waals surface area contributed by atoms with Crippen LogP contribution in [-0.4, -0.2) is 60.1 Å². The van der Waals surface area contributed by atoms with Crippen LogP contribution in [0.5, 0.6) is 5.75 Å². The molecule has 1 fully saturated rings. The number of benzene rings is 1. The first-order chi connectivity index (χ1) is 17.2. The molecule has 9 nitrogen and oxygen atoms in total. The highest BCUT2D eigenvalue weighted by atomic mass is 32.1. The van der Waals surface area contributed by atoms with Gasteiger partial charge in [0.1, 0.15) is 11.6 Å². The van der Waals surface area contributed by atoms with Crippen molar-refractivity contribution in [1.29, 1.82) is 0 Å². The van der Waals surface area contributed by atoms with Crippen molar-refractivity contribution < 1.29 is 27.5 Å². The van der Waals surface area contributed by atoms with E-state index in [0.29, 0.717) is 37.0 Å². The molecule has 0 atom stereocenters. The Morgan fingerprint density at radius 3 is 2.56 bits per heavy atom. The van der Waals surface area contributed by atoms with E-state index in [0.717, 1.165) is 35.4 Å². The van der Waals surface area contributed by atoms with E-state index in [2.05, 4.69) is 25.5 Å². The van der Waals surface area contributed by atoms with E-state index >= 15 is 0 Å². The zero-order valence-corrected chi connectivity index (χ0v) is 20.0. The summed E-state index contributed by atoms with van der Waals surface area (Å²) < 4.78 is 44.1. The first kappa shape index (κ1) is 25.2. The zero-order valence-electron chi connectivity index (χ0n) is 19.2. The summed E-state index contributed by atoms with van der Waals surface area (Å²) >= 11 is 1.16. The van der Waals surface area contributed by atoms with Crippen molar-refractivity contribution >= 4 is 39.9 Å². The van der Waals surface area contributed by atoms with Crippen LogP contribution in [0.1, 0.15) is 11.3 Å². The SMILES string of the molecule is COc1ccc(C(F)(F)F)cc1NC(=O)Cc1csc(NC(=O)N2CCN(c3ccccn3)CC2)n1. The molecule has 3 heterocycles. The lowest BCUT2D eigenvalue weighted by molar-refractivity contribution is -0.137. The molecule has 0 radical (unpaired) electrons. The van der Waals surface area contributed by atoms with Gasteiger partial charge in [0.05, 0.1) is 30.5 Å². The summed E-state index contributed by atoms with van der Waals surface area (Å²) in [6, 6.07) is 8.23. The smallest absolute Gasteiger partial charge is 0.416 e. The van der Waals surface area contributed by atoms with E-state index in [9.17, 15) is 22.8 Å². The number of urea groups is 1. The first-order valence-corrected chi connectivity index (χ1v) is 11.8. The molecule has 3 aromatic rings. The predicted octanol–water partition coefficient (Wildman–Crippen LogP) is 4.10. The summed E-state index contributed by atoms with van der Waals surface area (Å²) in [5.74, 6) is 0.398. The molecular weight excluding hydrogens is 497 g/mol. The summed E-state index contributed by atoms with van der Waals surface area (Å²) in [5, 5.41) is 7.11. The fourth-order valence-electron chi connectivity index (χ4n) is 3.64. The van der Waals surface area contributed by atoms with E-state index in [-0.39, 0.29) is 23.9 Å². The minimum absolute atomic E-state index is 0.0917. The van der Waals surface area contributed by atoms with E-state index in [1.807, 2.05) is 18.2 Å². The quantitative estimate of drug-likeness (QED) is 0.508. The second kappa shape index (κ2) is 10.8. The van der Waals surface area contributed by atoms with Crippen LogP contribution in [0.4, 0.5) is 34.6 Å². The van der Waals surface area contributed by atoms with Crippen LogP contribution in [0, 0.1) is 0 Å². The third-order valence-corrected chi connectivity index (χ3v) is 6.25. The maximum atomic E-state index is 13.0. The van der Waals surface area contributed by atoms with Gasteiger partial charge in [0.15, 0.2) is 5.13 Å². The molecule has 0 unspecified atom stereocenters. The van der Waals surface area contributed by atoms with Gasteiger partial charge in [-0.25, -0.2) is 14.8 Å². The molecule has 1 aliphatic rings. The molecular formula is C23H23F3N6O3S. The monoisotopic (exact) mass is 520 g/mol. The maximum Gasteiger partial charge on any atom is 0.416 e. The van der Waals surface area contributed by atoms with Crippen molar-refractivity contribution in [3.63, 3.8) is 0 Å². The van der Waals surface area contributed by atoms with Gasteiger partial charge in [0.25, 0.3) is 0 Å². The van der Waals surface area contributed by atoms with E-state index < -0.39 is 17.6 Å². The number of nitrogens with one attached hydrogen (secondary N) is 2. The lowest BCUT2D eigenvalue weighted by Crippen LogP contribution is -2.50. The Labute approximate surface area is 208 Å². The molecule has 3 amide bonds. The minimum atomic E-state index is -4.56. The number of pyridine rings is 1. The van der Waals surface area contributed by atoms with Gasteiger partial charge in [-0.1, -0.05) is 6.07 Å². The maximum absolute atomic E-state index is 13.0. The summed E-state index contributed by atoms with van der Waals surface area (Å²) in [6.45, 7) is 2.32. The molecule has 13 heteroatoms. The van der Waals surface area contributed by atoms with Crippen LogP contribution in [-0.2, 0) is 17.4 Å². The van der Waals surface area contributed by atoms with Gasteiger partial charge in [-0.2, -0.15) is 13.2 Å². The molecule has 2 N–H and O–H groups in total. The number of rotatable bonds is 6. The average Bonchev–Trinajstić information content (AvgIpc) is 3.30. The third-order valence-electron chi connectivity index (χ3n) is 5.45. The van der Waals surface area contributed by atoms with Crippen LogP contribution in [0.15, 0.2) is 48.0 Å². The standard InChI is InChI=1S/C23H23F3N6O3S/c1-35-18-6-5-15(23(24,25)26)12-17(18)29-20(33)13-16-14-36-21(28-16)30-22(34)32-10-8-31(9-11-32)19-4-2-3-7-27-19/h2-7,12,14H,8-11,13H2,1H3,(H,29,33)(H,28,30,34). The molecule has 2 aromatic heterocycles. The van der Waals surface area contributed by atoms with Crippen molar-refractivity contribution in [3.05, 3.63) is 59.2 Å². The summed E-state index contributed by atoms with van der Waals surface area (Å²) in [4.78, 5) is 37.4. The van der Waals surface area contributed by atoms with Crippen molar-refractivity contribution in [2.45, 2.75) is 12.6 Å². The minimum Gasteiger partial charge on any atom is -0.495 e. The Hall–Kier alpha value is -3.87. The first-order valence-electron chi connectivity index (χ1n) is 10.9. The number of aromatic nitrogens is 2. The van der Waals surface area contributed by atoms with Gasteiger partial charge < -0.3 is 19.9 Å². The number of thiazole rings is 1. The molecule has 1 saturated heterocycles. The lowest BCUT2D eigenvalue weighted by atomic mass is 10.1. The van der Waals surface area contributed by atoms with Crippen molar-refractivity contribution in [2.24, 2.45) is 0 Å². The number of methoxy groups -OCH3 is 1. The third kappa shape index (κ3) is 6.22. The Morgan fingerprint density at radius 1 is 1.11 bits per heavy atom. The molecule has 1 aliphatic heterocycles. The number of alkyl halides is 3. The number of hydrogen-bond acceptors (Lipinski definition) is 7. The Balaban J connectivity index is 1.30. The number of carbonyl (C=O) groups is 2. The Morgan fingerprint density at radius 2 is 1.89 bits per heavy atom. The van der Waals surface area contributed by atoms with Gasteiger partial charge >= 0.3 is 12.2 Å². The highest BCUT2D eigenvalue weighted by molar-refractivity contribution is 7.13. The molecule has 36 heavy (non-hydrogen) atoms. The zero-order chi connectivity index (χ0) is 25.7. The number of amides is 3. The highest BCUT2D eigenvalue weighted by Crippen LogP contribution is 2.35. The molecule has 0 aliphatic carbocycles. The lowest BCUT2D eigenvalue weighted by Gasteiger charge is -2.35. The van der Waals surface area contributed by atoms with E-state index in [1.165, 1.54) is 7.11 Å². The number of piperazine rings is 1. The largest absolute Gasteiger partial charge is 0.495 e. The second-order valence-electron chi connectivity index (χ2n) is 7.87. The van der Waals surface area contributed by atoms with Gasteiger partial charge in [-0.05, 0) is 30.3 Å². The molecule has 0 bridgehead atoms. The Bertz CT molecular complexity index is 1210. The number of anilines is 3. The van der Waals surface area contributed by atoms with Crippen molar-refractivity contribution in [3.8, 4) is 5.75 Å². The molecule has 1 aromatic carbocycles. The van der Waals surface area contributed by atoms with Crippen LogP contribution < -0.4 is 20.3 Å². The molecule has 0 saturated carbocycles. The topological polar surface area (TPSA) is 99.7 Å². The van der Waals surface area contributed by atoms with E-state index in [1.54, 1.807) is 16.5 Å². The second-order valence-corrected chi connectivity index (χ2v) is 8.73.